The number of thioether (sulfide) groups is 2. The van der Waals surface area contributed by atoms with Gasteiger partial charge in [-0.25, -0.2) is 4.68 Å². The predicted octanol–water partition coefficient (Wildman–Crippen LogP) is 2.07. The molecule has 0 aliphatic carbocycles. The van der Waals surface area contributed by atoms with E-state index in [1.165, 1.54) is 16.4 Å². The number of nitrogens with two attached hydrogens (primary N) is 1. The average Bonchev–Trinajstić information content (AvgIpc) is 2.85. The number of benzene rings is 1. The van der Waals surface area contributed by atoms with Crippen molar-refractivity contribution in [1.29, 1.82) is 0 Å². The Morgan fingerprint density at radius 3 is 2.85 bits per heavy atom. The van der Waals surface area contributed by atoms with E-state index in [0.717, 1.165) is 10.5 Å². The van der Waals surface area contributed by atoms with Crippen LogP contribution in [0.25, 0.3) is 11.4 Å². The Morgan fingerprint density at radius 1 is 1.40 bits per heavy atom. The summed E-state index contributed by atoms with van der Waals surface area (Å²) in [6, 6.07) is 7.88. The number of hydrogen-bond acceptors (Lipinski definition) is 6. The van der Waals surface area contributed by atoms with Crippen LogP contribution in [0.1, 0.15) is 0 Å². The molecule has 0 saturated carbocycles. The van der Waals surface area contributed by atoms with E-state index in [-0.39, 0.29) is 5.88 Å². The molecule has 0 aliphatic rings. The summed E-state index contributed by atoms with van der Waals surface area (Å²) < 4.78 is 1.45. The minimum absolute atomic E-state index is 0.188. The molecule has 0 aliphatic heterocycles. The highest BCUT2D eigenvalue weighted by Crippen LogP contribution is 2.29. The molecule has 20 heavy (non-hydrogen) atoms. The standard InChI is InChI=1S/C12H15ClN4OS2/c1-19-10-5-3-2-4-9(10)11-15-16-12(17(11)14)20-7-8(18)6-13/h2-5,8,18H,6-7,14H2,1H3. The van der Waals surface area contributed by atoms with Crippen molar-refractivity contribution >= 4 is 35.1 Å². The molecule has 0 amide bonds. The van der Waals surface area contributed by atoms with Gasteiger partial charge in [-0.05, 0) is 18.4 Å². The summed E-state index contributed by atoms with van der Waals surface area (Å²) in [5.74, 6) is 7.26. The number of alkyl halides is 1. The van der Waals surface area contributed by atoms with Crippen LogP contribution in [0.5, 0.6) is 0 Å². The van der Waals surface area contributed by atoms with Crippen LogP contribution >= 0.6 is 35.1 Å². The van der Waals surface area contributed by atoms with Crippen molar-refractivity contribution in [3.63, 3.8) is 0 Å². The number of rotatable bonds is 6. The molecule has 1 aromatic heterocycles. The Bertz CT molecular complexity index is 578. The Labute approximate surface area is 130 Å². The summed E-state index contributed by atoms with van der Waals surface area (Å²) in [5.41, 5.74) is 0.944. The molecular weight excluding hydrogens is 316 g/mol. The van der Waals surface area contributed by atoms with E-state index in [0.29, 0.717) is 16.7 Å². The summed E-state index contributed by atoms with van der Waals surface area (Å²) in [4.78, 5) is 1.09. The molecule has 0 saturated heterocycles. The Morgan fingerprint density at radius 2 is 2.15 bits per heavy atom. The van der Waals surface area contributed by atoms with E-state index >= 15 is 0 Å². The lowest BCUT2D eigenvalue weighted by molar-refractivity contribution is 0.223. The van der Waals surface area contributed by atoms with Crippen LogP contribution in [0.2, 0.25) is 0 Å². The lowest BCUT2D eigenvalue weighted by Gasteiger charge is -2.08. The molecule has 5 nitrogen and oxygen atoms in total. The Kier molecular flexibility index (Phi) is 5.59. The Balaban J connectivity index is 2.24. The summed E-state index contributed by atoms with van der Waals surface area (Å²) in [6.07, 6.45) is 1.42. The van der Waals surface area contributed by atoms with Gasteiger partial charge >= 0.3 is 0 Å². The molecule has 0 spiro atoms. The largest absolute Gasteiger partial charge is 0.391 e. The van der Waals surface area contributed by atoms with E-state index in [1.807, 2.05) is 30.5 Å². The molecule has 1 aromatic carbocycles. The van der Waals surface area contributed by atoms with Crippen LogP contribution in [-0.4, -0.2) is 44.0 Å². The second kappa shape index (κ2) is 7.21. The van der Waals surface area contributed by atoms with Gasteiger partial charge in [-0.3, -0.25) is 0 Å². The van der Waals surface area contributed by atoms with E-state index in [2.05, 4.69) is 10.2 Å². The third-order valence-corrected chi connectivity index (χ3v) is 4.84. The van der Waals surface area contributed by atoms with Crippen LogP contribution < -0.4 is 5.84 Å². The zero-order valence-electron chi connectivity index (χ0n) is 10.9. The highest BCUT2D eigenvalue weighted by atomic mass is 35.5. The third-order valence-electron chi connectivity index (χ3n) is 2.60. The number of halogens is 1. The fourth-order valence-electron chi connectivity index (χ4n) is 1.60. The van der Waals surface area contributed by atoms with Crippen LogP contribution in [0.15, 0.2) is 34.3 Å². The van der Waals surface area contributed by atoms with Gasteiger partial charge in [-0.1, -0.05) is 23.9 Å². The number of nitrogens with zero attached hydrogens (tertiary/aromatic N) is 3. The van der Waals surface area contributed by atoms with Gasteiger partial charge in [0.2, 0.25) is 5.16 Å². The molecule has 3 N–H and O–H groups in total. The van der Waals surface area contributed by atoms with Crippen molar-refractivity contribution in [3.05, 3.63) is 24.3 Å². The first kappa shape index (κ1) is 15.5. The van der Waals surface area contributed by atoms with E-state index < -0.39 is 6.10 Å². The maximum absolute atomic E-state index is 9.46. The topological polar surface area (TPSA) is 77.0 Å². The smallest absolute Gasteiger partial charge is 0.210 e. The van der Waals surface area contributed by atoms with Crippen molar-refractivity contribution < 1.29 is 5.11 Å². The highest BCUT2D eigenvalue weighted by Gasteiger charge is 2.15. The molecule has 2 rings (SSSR count). The lowest BCUT2D eigenvalue weighted by atomic mass is 10.2. The minimum atomic E-state index is -0.583. The SMILES string of the molecule is CSc1ccccc1-c1nnc(SCC(O)CCl)n1N. The molecule has 8 heteroatoms. The molecule has 1 atom stereocenters. The molecule has 2 aromatic rings. The third kappa shape index (κ3) is 3.41. The molecule has 0 fully saturated rings. The summed E-state index contributed by atoms with van der Waals surface area (Å²) in [5, 5.41) is 18.2. The van der Waals surface area contributed by atoms with E-state index in [1.54, 1.807) is 11.8 Å². The van der Waals surface area contributed by atoms with Gasteiger partial charge < -0.3 is 10.9 Å². The first-order valence-electron chi connectivity index (χ1n) is 5.88. The molecule has 0 bridgehead atoms. The van der Waals surface area contributed by atoms with Gasteiger partial charge in [0.25, 0.3) is 0 Å². The zero-order valence-corrected chi connectivity index (χ0v) is 13.3. The monoisotopic (exact) mass is 330 g/mol. The summed E-state index contributed by atoms with van der Waals surface area (Å²) in [6.45, 7) is 0. The predicted molar refractivity (Wildman–Crippen MR) is 84.8 cm³/mol. The van der Waals surface area contributed by atoms with Gasteiger partial charge in [-0.2, -0.15) is 0 Å². The fraction of sp³-hybridized carbons (Fsp3) is 0.333. The van der Waals surface area contributed by atoms with Gasteiger partial charge in [0.1, 0.15) is 0 Å². The number of aliphatic hydroxyl groups is 1. The van der Waals surface area contributed by atoms with Crippen molar-refractivity contribution in [1.82, 2.24) is 14.9 Å². The number of nitrogen functional groups attached to an aromatic ring is 1. The van der Waals surface area contributed by atoms with Crippen LogP contribution in [-0.2, 0) is 0 Å². The fourth-order valence-corrected chi connectivity index (χ4v) is 3.22. The summed E-state index contributed by atoms with van der Waals surface area (Å²) in [7, 11) is 0. The Hall–Kier alpha value is -0.890. The zero-order chi connectivity index (χ0) is 14.5. The highest BCUT2D eigenvalue weighted by molar-refractivity contribution is 7.99. The first-order valence-corrected chi connectivity index (χ1v) is 8.62. The summed E-state index contributed by atoms with van der Waals surface area (Å²) >= 11 is 8.52. The molecular formula is C12H15ClN4OS2. The van der Waals surface area contributed by atoms with Crippen molar-refractivity contribution in [2.75, 3.05) is 23.7 Å². The first-order chi connectivity index (χ1) is 9.67. The van der Waals surface area contributed by atoms with Crippen LogP contribution in [0.3, 0.4) is 0 Å². The average molecular weight is 331 g/mol. The maximum Gasteiger partial charge on any atom is 0.210 e. The van der Waals surface area contributed by atoms with Gasteiger partial charge in [-0.15, -0.1) is 33.6 Å². The minimum Gasteiger partial charge on any atom is -0.391 e. The van der Waals surface area contributed by atoms with Crippen molar-refractivity contribution in [3.8, 4) is 11.4 Å². The van der Waals surface area contributed by atoms with Gasteiger partial charge in [0.15, 0.2) is 5.82 Å². The molecule has 0 radical (unpaired) electrons. The number of aromatic nitrogens is 3. The molecule has 108 valence electrons. The van der Waals surface area contributed by atoms with E-state index in [9.17, 15) is 5.11 Å². The molecule has 1 heterocycles. The quantitative estimate of drug-likeness (QED) is 0.479. The second-order valence-corrected chi connectivity index (χ2v) is 6.14. The molecule has 1 unspecified atom stereocenters. The maximum atomic E-state index is 9.46. The second-order valence-electron chi connectivity index (χ2n) is 4.00. The normalized spacial score (nSPS) is 12.6. The van der Waals surface area contributed by atoms with Gasteiger partial charge in [0, 0.05) is 22.1 Å². The van der Waals surface area contributed by atoms with Gasteiger partial charge in [0.05, 0.1) is 6.10 Å². The van der Waals surface area contributed by atoms with Crippen LogP contribution in [0, 0.1) is 0 Å². The lowest BCUT2D eigenvalue weighted by Crippen LogP contribution is -2.15. The van der Waals surface area contributed by atoms with E-state index in [4.69, 9.17) is 17.4 Å². The number of aliphatic hydroxyl groups excluding tert-OH is 1. The van der Waals surface area contributed by atoms with Crippen molar-refractivity contribution in [2.45, 2.75) is 16.2 Å². The van der Waals surface area contributed by atoms with Crippen molar-refractivity contribution in [2.24, 2.45) is 0 Å². The van der Waals surface area contributed by atoms with Crippen LogP contribution in [0.4, 0.5) is 0 Å². The number of hydrogen-bond donors (Lipinski definition) is 2.